The van der Waals surface area contributed by atoms with Gasteiger partial charge < -0.3 is 8.98 Å². The van der Waals surface area contributed by atoms with Crippen molar-refractivity contribution in [3.8, 4) is 51.0 Å². The van der Waals surface area contributed by atoms with Gasteiger partial charge in [-0.2, -0.15) is 0 Å². The molecule has 4 aromatic heterocycles. The predicted molar refractivity (Wildman–Crippen MR) is 271 cm³/mol. The maximum atomic E-state index is 6.32. The van der Waals surface area contributed by atoms with Crippen LogP contribution in [-0.4, -0.2) is 19.5 Å². The Balaban J connectivity index is 0.980. The van der Waals surface area contributed by atoms with E-state index in [1.807, 2.05) is 65.9 Å². The van der Waals surface area contributed by atoms with Gasteiger partial charge in [-0.15, -0.1) is 11.3 Å². The maximum absolute atomic E-state index is 6.32. The minimum absolute atomic E-state index is 0.580. The molecule has 14 aromatic rings. The maximum Gasteiger partial charge on any atom is 0.164 e. The minimum atomic E-state index is 0.580. The number of thiophene rings is 1. The second kappa shape index (κ2) is 14.0. The molecule has 0 bridgehead atoms. The fourth-order valence-corrected chi connectivity index (χ4v) is 11.1. The summed E-state index contributed by atoms with van der Waals surface area (Å²) in [7, 11) is 0. The summed E-state index contributed by atoms with van der Waals surface area (Å²) in [6.07, 6.45) is 0. The lowest BCUT2D eigenvalue weighted by Gasteiger charge is -2.14. The number of benzene rings is 10. The van der Waals surface area contributed by atoms with Crippen molar-refractivity contribution in [2.45, 2.75) is 0 Å². The van der Waals surface area contributed by atoms with Gasteiger partial charge >= 0.3 is 0 Å². The molecule has 14 rings (SSSR count). The standard InChI is InChI=1S/C59H34N4OS/c1-2-13-36(14-3-1)57-60-58(62-59(61-57)41-25-27-46-45-20-8-9-23-51(45)64-52(46)33-41)40-17-10-18-42(30-40)63-50-32-38-16-5-4-15-37(38)31-49(50)47-22-11-21-44(56(47)63)39-24-28-48-54(34-39)65-53-29-26-35-12-6-7-19-43(35)55(48)53/h1-34H. The molecule has 0 aliphatic carbocycles. The molecule has 4 heterocycles. The minimum Gasteiger partial charge on any atom is -0.456 e. The van der Waals surface area contributed by atoms with Crippen molar-refractivity contribution in [2.24, 2.45) is 0 Å². The second-order valence-electron chi connectivity index (χ2n) is 16.8. The van der Waals surface area contributed by atoms with Crippen LogP contribution in [0.25, 0.3) is 136 Å². The molecule has 10 aromatic carbocycles. The van der Waals surface area contributed by atoms with Gasteiger partial charge in [0.05, 0.1) is 11.0 Å². The average molecular weight is 847 g/mol. The van der Waals surface area contributed by atoms with Crippen LogP contribution in [0.1, 0.15) is 0 Å². The van der Waals surface area contributed by atoms with E-state index in [1.54, 1.807) is 0 Å². The first-order valence-corrected chi connectivity index (χ1v) is 22.6. The summed E-state index contributed by atoms with van der Waals surface area (Å²) in [4.78, 5) is 15.4. The monoisotopic (exact) mass is 846 g/mol. The molecule has 6 heteroatoms. The van der Waals surface area contributed by atoms with Crippen LogP contribution in [0, 0.1) is 0 Å². The van der Waals surface area contributed by atoms with Crippen molar-refractivity contribution in [1.82, 2.24) is 19.5 Å². The molecule has 0 radical (unpaired) electrons. The second-order valence-corrected chi connectivity index (χ2v) is 17.8. The third-order valence-corrected chi connectivity index (χ3v) is 14.1. The van der Waals surface area contributed by atoms with Gasteiger partial charge in [0.15, 0.2) is 17.5 Å². The van der Waals surface area contributed by atoms with Crippen LogP contribution in [0.4, 0.5) is 0 Å². The molecular formula is C59H34N4OS. The van der Waals surface area contributed by atoms with Gasteiger partial charge in [-0.25, -0.2) is 15.0 Å². The molecule has 0 saturated heterocycles. The summed E-state index contributed by atoms with van der Waals surface area (Å²) in [6, 6.07) is 73.5. The normalized spacial score (nSPS) is 12.0. The van der Waals surface area contributed by atoms with Gasteiger partial charge in [0, 0.05) is 69.7 Å². The summed E-state index contributed by atoms with van der Waals surface area (Å²) >= 11 is 1.87. The third-order valence-electron chi connectivity index (χ3n) is 13.0. The van der Waals surface area contributed by atoms with Crippen LogP contribution in [-0.2, 0) is 0 Å². The number of furan rings is 1. The van der Waals surface area contributed by atoms with E-state index in [0.717, 1.165) is 55.3 Å². The van der Waals surface area contributed by atoms with Gasteiger partial charge in [-0.1, -0.05) is 152 Å². The van der Waals surface area contributed by atoms with Gasteiger partial charge in [-0.05, 0) is 81.7 Å². The van der Waals surface area contributed by atoms with Crippen LogP contribution in [0.5, 0.6) is 0 Å². The molecule has 0 amide bonds. The van der Waals surface area contributed by atoms with Crippen LogP contribution in [0.15, 0.2) is 211 Å². The van der Waals surface area contributed by atoms with E-state index in [9.17, 15) is 0 Å². The average Bonchev–Trinajstić information content (AvgIpc) is 4.05. The molecule has 0 N–H and O–H groups in total. The highest BCUT2D eigenvalue weighted by molar-refractivity contribution is 7.26. The molecule has 0 aliphatic heterocycles. The lowest BCUT2D eigenvalue weighted by Crippen LogP contribution is -2.01. The van der Waals surface area contributed by atoms with Gasteiger partial charge in [0.1, 0.15) is 11.2 Å². The molecular weight excluding hydrogens is 813 g/mol. The summed E-state index contributed by atoms with van der Waals surface area (Å²) in [5.41, 5.74) is 9.98. The largest absolute Gasteiger partial charge is 0.456 e. The SMILES string of the molecule is c1ccc(-c2nc(-c3cccc(-n4c5cc6ccccc6cc5c5cccc(-c6ccc7c(c6)sc6ccc8ccccc8c67)c54)c3)nc(-c3ccc4c(c3)oc3ccccc34)n2)cc1. The molecule has 0 spiro atoms. The highest BCUT2D eigenvalue weighted by Crippen LogP contribution is 2.44. The zero-order valence-electron chi connectivity index (χ0n) is 34.7. The highest BCUT2D eigenvalue weighted by atomic mass is 32.1. The van der Waals surface area contributed by atoms with Crippen molar-refractivity contribution in [1.29, 1.82) is 0 Å². The lowest BCUT2D eigenvalue weighted by molar-refractivity contribution is 0.669. The van der Waals surface area contributed by atoms with E-state index in [1.165, 1.54) is 63.6 Å². The van der Waals surface area contributed by atoms with Crippen LogP contribution in [0.2, 0.25) is 0 Å². The Labute approximate surface area is 376 Å². The molecule has 0 saturated carbocycles. The van der Waals surface area contributed by atoms with E-state index in [-0.39, 0.29) is 0 Å². The fraction of sp³-hybridized carbons (Fsp3) is 0. The molecule has 65 heavy (non-hydrogen) atoms. The number of aromatic nitrogens is 4. The first-order valence-electron chi connectivity index (χ1n) is 21.8. The van der Waals surface area contributed by atoms with E-state index in [4.69, 9.17) is 19.4 Å². The van der Waals surface area contributed by atoms with Crippen molar-refractivity contribution in [3.05, 3.63) is 206 Å². The Morgan fingerprint density at radius 2 is 1.02 bits per heavy atom. The number of hydrogen-bond donors (Lipinski definition) is 0. The summed E-state index contributed by atoms with van der Waals surface area (Å²) in [6.45, 7) is 0. The molecule has 302 valence electrons. The number of nitrogens with zero attached hydrogens (tertiary/aromatic N) is 4. The van der Waals surface area contributed by atoms with E-state index >= 15 is 0 Å². The number of para-hydroxylation sites is 2. The highest BCUT2D eigenvalue weighted by Gasteiger charge is 2.21. The number of fused-ring (bicyclic) bond motifs is 12. The molecule has 0 fully saturated rings. The Bertz CT molecular complexity index is 4260. The van der Waals surface area contributed by atoms with Gasteiger partial charge in [0.25, 0.3) is 0 Å². The smallest absolute Gasteiger partial charge is 0.164 e. The lowest BCUT2D eigenvalue weighted by atomic mass is 9.99. The predicted octanol–water partition coefficient (Wildman–Crippen LogP) is 16.2. The van der Waals surface area contributed by atoms with Crippen LogP contribution in [0.3, 0.4) is 0 Å². The molecule has 0 unspecified atom stereocenters. The van der Waals surface area contributed by atoms with E-state index in [2.05, 4.69) is 156 Å². The van der Waals surface area contributed by atoms with E-state index < -0.39 is 0 Å². The Hall–Kier alpha value is -8.45. The Morgan fingerprint density at radius 3 is 1.88 bits per heavy atom. The molecule has 0 atom stereocenters. The quantitative estimate of drug-likeness (QED) is 0.173. The topological polar surface area (TPSA) is 56.7 Å². The Kier molecular flexibility index (Phi) is 7.79. The molecule has 0 aliphatic rings. The van der Waals surface area contributed by atoms with Crippen LogP contribution >= 0.6 is 11.3 Å². The summed E-state index contributed by atoms with van der Waals surface area (Å²) in [5, 5.41) is 12.1. The zero-order chi connectivity index (χ0) is 42.6. The summed E-state index contributed by atoms with van der Waals surface area (Å²) < 4.78 is 11.3. The van der Waals surface area contributed by atoms with E-state index in [0.29, 0.717) is 17.5 Å². The van der Waals surface area contributed by atoms with Crippen molar-refractivity contribution < 1.29 is 4.42 Å². The number of hydrogen-bond acceptors (Lipinski definition) is 5. The zero-order valence-corrected chi connectivity index (χ0v) is 35.6. The first kappa shape index (κ1) is 36.1. The third kappa shape index (κ3) is 5.67. The number of rotatable bonds is 5. The van der Waals surface area contributed by atoms with Gasteiger partial charge in [-0.3, -0.25) is 0 Å². The Morgan fingerprint density at radius 1 is 0.369 bits per heavy atom. The first-order chi connectivity index (χ1) is 32.2. The van der Waals surface area contributed by atoms with Crippen molar-refractivity contribution in [2.75, 3.05) is 0 Å². The van der Waals surface area contributed by atoms with Crippen molar-refractivity contribution in [3.63, 3.8) is 0 Å². The molecule has 5 nitrogen and oxygen atoms in total. The fourth-order valence-electron chi connectivity index (χ4n) is 9.97. The van der Waals surface area contributed by atoms with Crippen LogP contribution < -0.4 is 0 Å². The van der Waals surface area contributed by atoms with Gasteiger partial charge in [0.2, 0.25) is 0 Å². The summed E-state index contributed by atoms with van der Waals surface area (Å²) in [5.74, 6) is 1.78. The van der Waals surface area contributed by atoms with Crippen molar-refractivity contribution >= 4 is 96.8 Å².